The number of esters is 1. The van der Waals surface area contributed by atoms with Crippen molar-refractivity contribution in [2.24, 2.45) is 5.41 Å². The molecule has 1 aromatic carbocycles. The average molecular weight is 417 g/mol. The summed E-state index contributed by atoms with van der Waals surface area (Å²) in [6.07, 6.45) is 4.56. The van der Waals surface area contributed by atoms with Crippen LogP contribution >= 0.6 is 24.8 Å². The van der Waals surface area contributed by atoms with E-state index in [4.69, 9.17) is 4.74 Å². The minimum atomic E-state index is -0.511. The van der Waals surface area contributed by atoms with Crippen LogP contribution in [0.3, 0.4) is 0 Å². The van der Waals surface area contributed by atoms with Crippen molar-refractivity contribution in [3.8, 4) is 0 Å². The van der Waals surface area contributed by atoms with Crippen LogP contribution in [0.5, 0.6) is 0 Å². The van der Waals surface area contributed by atoms with Gasteiger partial charge in [-0.1, -0.05) is 6.07 Å². The Labute approximate surface area is 173 Å². The summed E-state index contributed by atoms with van der Waals surface area (Å²) in [4.78, 5) is 14.1. The number of β-amino-alcohol motifs (C(OH)–C–C–N with tert-alkyl or cyclic N) is 1. The van der Waals surface area contributed by atoms with Crippen molar-refractivity contribution in [1.82, 2.24) is 10.2 Å². The lowest BCUT2D eigenvalue weighted by molar-refractivity contribution is 0.0415. The molecule has 2 N–H and O–H groups in total. The SMILES string of the molecule is Cc1c([C@@H](O)CN2CCC3(CCNCC3)CC2)ccc2c1COC2=O.Cl.Cl. The van der Waals surface area contributed by atoms with Gasteiger partial charge in [0, 0.05) is 12.1 Å². The normalized spacial score (nSPS) is 22.4. The first-order chi connectivity index (χ1) is 12.1. The number of carbonyl (C=O) groups excluding carboxylic acids is 1. The molecular formula is C20H30Cl2N2O3. The van der Waals surface area contributed by atoms with Gasteiger partial charge < -0.3 is 20.1 Å². The highest BCUT2D eigenvalue weighted by Crippen LogP contribution is 2.40. The Morgan fingerprint density at radius 2 is 1.85 bits per heavy atom. The molecule has 0 unspecified atom stereocenters. The summed E-state index contributed by atoms with van der Waals surface area (Å²) in [6.45, 7) is 7.43. The minimum absolute atomic E-state index is 0. The van der Waals surface area contributed by atoms with Crippen molar-refractivity contribution in [1.29, 1.82) is 0 Å². The number of benzene rings is 1. The fraction of sp³-hybridized carbons (Fsp3) is 0.650. The van der Waals surface area contributed by atoms with E-state index in [2.05, 4.69) is 10.2 Å². The molecule has 152 valence electrons. The van der Waals surface area contributed by atoms with Crippen molar-refractivity contribution in [2.45, 2.75) is 45.3 Å². The third-order valence-electron chi connectivity index (χ3n) is 6.58. The van der Waals surface area contributed by atoms with E-state index in [1.54, 1.807) is 6.07 Å². The van der Waals surface area contributed by atoms with Crippen LogP contribution in [0.25, 0.3) is 0 Å². The lowest BCUT2D eigenvalue weighted by atomic mass is 9.71. The summed E-state index contributed by atoms with van der Waals surface area (Å²) in [6, 6.07) is 3.69. The molecule has 0 aromatic heterocycles. The summed E-state index contributed by atoms with van der Waals surface area (Å²) in [5.74, 6) is -0.248. The molecular weight excluding hydrogens is 387 g/mol. The Hall–Kier alpha value is -0.850. The van der Waals surface area contributed by atoms with Crippen LogP contribution in [-0.4, -0.2) is 48.7 Å². The van der Waals surface area contributed by atoms with E-state index < -0.39 is 6.10 Å². The number of nitrogens with zero attached hydrogens (tertiary/aromatic N) is 1. The van der Waals surface area contributed by atoms with E-state index in [9.17, 15) is 9.90 Å². The van der Waals surface area contributed by atoms with Gasteiger partial charge in [-0.2, -0.15) is 0 Å². The summed E-state index contributed by atoms with van der Waals surface area (Å²) in [5, 5.41) is 14.2. The largest absolute Gasteiger partial charge is 0.457 e. The molecule has 1 atom stereocenters. The zero-order valence-electron chi connectivity index (χ0n) is 15.8. The van der Waals surface area contributed by atoms with Gasteiger partial charge in [-0.3, -0.25) is 0 Å². The first kappa shape index (κ1) is 22.4. The first-order valence-electron chi connectivity index (χ1n) is 9.49. The molecule has 7 heteroatoms. The Morgan fingerprint density at radius 3 is 2.52 bits per heavy atom. The maximum atomic E-state index is 11.7. The number of hydrogen-bond donors (Lipinski definition) is 2. The summed E-state index contributed by atoms with van der Waals surface area (Å²) in [7, 11) is 0. The quantitative estimate of drug-likeness (QED) is 0.741. The third-order valence-corrected chi connectivity index (χ3v) is 6.58. The zero-order chi connectivity index (χ0) is 17.4. The van der Waals surface area contributed by atoms with E-state index in [0.717, 1.165) is 42.9 Å². The van der Waals surface area contributed by atoms with E-state index >= 15 is 0 Å². The highest BCUT2D eigenvalue weighted by atomic mass is 35.5. The number of piperidine rings is 2. The maximum absolute atomic E-state index is 11.7. The molecule has 0 saturated carbocycles. The van der Waals surface area contributed by atoms with Crippen LogP contribution in [0.2, 0.25) is 0 Å². The predicted octanol–water partition coefficient (Wildman–Crippen LogP) is 3.01. The number of hydrogen-bond acceptors (Lipinski definition) is 5. The van der Waals surface area contributed by atoms with E-state index in [0.29, 0.717) is 24.1 Å². The molecule has 1 aromatic rings. The predicted molar refractivity (Wildman–Crippen MR) is 110 cm³/mol. The van der Waals surface area contributed by atoms with Crippen LogP contribution < -0.4 is 5.32 Å². The van der Waals surface area contributed by atoms with Crippen LogP contribution in [0.15, 0.2) is 12.1 Å². The average Bonchev–Trinajstić information content (AvgIpc) is 3.00. The molecule has 3 aliphatic heterocycles. The number of rotatable bonds is 3. The molecule has 0 radical (unpaired) electrons. The van der Waals surface area contributed by atoms with Gasteiger partial charge in [-0.05, 0) is 81.4 Å². The smallest absolute Gasteiger partial charge is 0.338 e. The van der Waals surface area contributed by atoms with Crippen LogP contribution in [0.1, 0.15) is 58.8 Å². The molecule has 0 amide bonds. The van der Waals surface area contributed by atoms with Crippen molar-refractivity contribution in [3.63, 3.8) is 0 Å². The fourth-order valence-electron chi connectivity index (χ4n) is 4.74. The number of aliphatic hydroxyl groups is 1. The number of nitrogens with one attached hydrogen (secondary N) is 1. The molecule has 0 aliphatic carbocycles. The van der Waals surface area contributed by atoms with Gasteiger partial charge in [0.05, 0.1) is 11.7 Å². The summed E-state index contributed by atoms with van der Waals surface area (Å²) < 4.78 is 5.12. The van der Waals surface area contributed by atoms with Gasteiger partial charge in [-0.25, -0.2) is 4.79 Å². The molecule has 5 nitrogen and oxygen atoms in total. The summed E-state index contributed by atoms with van der Waals surface area (Å²) in [5.41, 5.74) is 4.06. The molecule has 27 heavy (non-hydrogen) atoms. The molecule has 2 saturated heterocycles. The first-order valence-corrected chi connectivity index (χ1v) is 9.49. The van der Waals surface area contributed by atoms with E-state index in [1.165, 1.54) is 25.7 Å². The molecule has 1 spiro atoms. The topological polar surface area (TPSA) is 61.8 Å². The highest BCUT2D eigenvalue weighted by molar-refractivity contribution is 5.93. The highest BCUT2D eigenvalue weighted by Gasteiger charge is 2.36. The second-order valence-electron chi connectivity index (χ2n) is 7.95. The van der Waals surface area contributed by atoms with Gasteiger partial charge in [0.1, 0.15) is 6.61 Å². The second-order valence-corrected chi connectivity index (χ2v) is 7.95. The molecule has 3 heterocycles. The van der Waals surface area contributed by atoms with Crippen molar-refractivity contribution < 1.29 is 14.6 Å². The zero-order valence-corrected chi connectivity index (χ0v) is 17.5. The lowest BCUT2D eigenvalue weighted by Crippen LogP contribution is -2.46. The molecule has 3 aliphatic rings. The summed E-state index contributed by atoms with van der Waals surface area (Å²) >= 11 is 0. The monoisotopic (exact) mass is 416 g/mol. The van der Waals surface area contributed by atoms with Gasteiger partial charge in [0.2, 0.25) is 0 Å². The van der Waals surface area contributed by atoms with Crippen LogP contribution in [0.4, 0.5) is 0 Å². The maximum Gasteiger partial charge on any atom is 0.338 e. The van der Waals surface area contributed by atoms with Crippen molar-refractivity contribution in [2.75, 3.05) is 32.7 Å². The molecule has 4 rings (SSSR count). The van der Waals surface area contributed by atoms with Gasteiger partial charge in [0.25, 0.3) is 0 Å². The van der Waals surface area contributed by atoms with Gasteiger partial charge >= 0.3 is 5.97 Å². The van der Waals surface area contributed by atoms with Crippen molar-refractivity contribution >= 4 is 30.8 Å². The Kier molecular flexibility index (Phi) is 7.56. The number of carbonyl (C=O) groups is 1. The van der Waals surface area contributed by atoms with Crippen LogP contribution in [-0.2, 0) is 11.3 Å². The number of ether oxygens (including phenoxy) is 1. The minimum Gasteiger partial charge on any atom is -0.457 e. The lowest BCUT2D eigenvalue weighted by Gasteiger charge is -2.44. The fourth-order valence-corrected chi connectivity index (χ4v) is 4.74. The number of aliphatic hydroxyl groups excluding tert-OH is 1. The molecule has 0 bridgehead atoms. The Balaban J connectivity index is 0.00000131. The molecule has 2 fully saturated rings. The standard InChI is InChI=1S/C20H28N2O3.2ClH/c1-14-15(2-3-16-17(14)13-25-19(16)24)18(23)12-22-10-6-20(7-11-22)4-8-21-9-5-20;;/h2-3,18,21,23H,4-13H2,1H3;2*1H/t18-;;/m0../s1. The van der Waals surface area contributed by atoms with Gasteiger partial charge in [-0.15, -0.1) is 24.8 Å². The Bertz CT molecular complexity index is 667. The number of cyclic esters (lactones) is 1. The third kappa shape index (κ3) is 4.43. The van der Waals surface area contributed by atoms with E-state index in [1.807, 2.05) is 13.0 Å². The van der Waals surface area contributed by atoms with E-state index in [-0.39, 0.29) is 30.8 Å². The van der Waals surface area contributed by atoms with Crippen molar-refractivity contribution in [3.05, 3.63) is 34.4 Å². The second kappa shape index (κ2) is 9.10. The van der Waals surface area contributed by atoms with Crippen LogP contribution in [0, 0.1) is 12.3 Å². The Morgan fingerprint density at radius 1 is 1.19 bits per heavy atom. The number of fused-ring (bicyclic) bond motifs is 1. The van der Waals surface area contributed by atoms with Gasteiger partial charge in [0.15, 0.2) is 0 Å². The number of halogens is 2. The number of likely N-dealkylation sites (tertiary alicyclic amines) is 1.